The average Bonchev–Trinajstić information content (AvgIpc) is 3.12. The van der Waals surface area contributed by atoms with Crippen LogP contribution >= 0.6 is 0 Å². The van der Waals surface area contributed by atoms with Crippen molar-refractivity contribution in [1.29, 1.82) is 0 Å². The summed E-state index contributed by atoms with van der Waals surface area (Å²) in [6.45, 7) is 8.54. The lowest BCUT2D eigenvalue weighted by Gasteiger charge is -2.48. The number of halogens is 3. The highest BCUT2D eigenvalue weighted by atomic mass is 32.2. The van der Waals surface area contributed by atoms with Crippen LogP contribution in [-0.4, -0.2) is 52.7 Å². The maximum absolute atomic E-state index is 12.9. The van der Waals surface area contributed by atoms with Gasteiger partial charge < -0.3 is 14.5 Å². The van der Waals surface area contributed by atoms with Gasteiger partial charge in [0.2, 0.25) is 0 Å². The first-order valence-corrected chi connectivity index (χ1v) is 15.1. The van der Waals surface area contributed by atoms with Gasteiger partial charge in [0.25, 0.3) is 8.32 Å². The van der Waals surface area contributed by atoms with E-state index in [1.807, 2.05) is 67.6 Å². The molecular formula is C25H32F3NO6SSi. The Kier molecular flexibility index (Phi) is 8.19. The molecule has 204 valence electrons. The summed E-state index contributed by atoms with van der Waals surface area (Å²) in [7, 11) is -9.02. The van der Waals surface area contributed by atoms with Crippen LogP contribution < -0.4 is 15.7 Å². The predicted molar refractivity (Wildman–Crippen MR) is 136 cm³/mol. The molecule has 1 fully saturated rings. The summed E-state index contributed by atoms with van der Waals surface area (Å²) in [6.07, 6.45) is -1.40. The molecule has 12 heteroatoms. The fourth-order valence-electron chi connectivity index (χ4n) is 4.82. The van der Waals surface area contributed by atoms with Gasteiger partial charge in [0.05, 0.1) is 18.8 Å². The zero-order valence-corrected chi connectivity index (χ0v) is 23.2. The van der Waals surface area contributed by atoms with Crippen molar-refractivity contribution in [3.8, 4) is 0 Å². The number of nitrogens with one attached hydrogen (secondary N) is 1. The van der Waals surface area contributed by atoms with Gasteiger partial charge in [-0.2, -0.15) is 21.6 Å². The second-order valence-corrected chi connectivity index (χ2v) is 16.0. The number of carbonyl (C=O) groups excluding carboxylic acids is 1. The van der Waals surface area contributed by atoms with Gasteiger partial charge >= 0.3 is 21.7 Å². The molecule has 0 radical (unpaired) electrons. The molecule has 0 bridgehead atoms. The smallest absolute Gasteiger partial charge is 0.438 e. The minimum Gasteiger partial charge on any atom is -0.438 e. The van der Waals surface area contributed by atoms with Gasteiger partial charge in [-0.25, -0.2) is 4.79 Å². The first-order valence-electron chi connectivity index (χ1n) is 11.8. The van der Waals surface area contributed by atoms with Crippen LogP contribution in [0.5, 0.6) is 0 Å². The van der Waals surface area contributed by atoms with Crippen LogP contribution in [0.25, 0.3) is 0 Å². The van der Waals surface area contributed by atoms with Gasteiger partial charge in [0, 0.05) is 0 Å². The molecule has 2 aromatic rings. The third-order valence-electron chi connectivity index (χ3n) is 6.72. The van der Waals surface area contributed by atoms with E-state index < -0.39 is 59.4 Å². The summed E-state index contributed by atoms with van der Waals surface area (Å²) in [5, 5.41) is 3.89. The number of alkyl halides is 3. The summed E-state index contributed by atoms with van der Waals surface area (Å²) < 4.78 is 78.7. The Morgan fingerprint density at radius 2 is 1.51 bits per heavy atom. The van der Waals surface area contributed by atoms with Crippen molar-refractivity contribution >= 4 is 34.9 Å². The second kappa shape index (κ2) is 10.4. The number of amides is 1. The Labute approximate surface area is 216 Å². The van der Waals surface area contributed by atoms with Gasteiger partial charge in [-0.3, -0.25) is 4.18 Å². The van der Waals surface area contributed by atoms with Gasteiger partial charge in [-0.15, -0.1) is 0 Å². The zero-order chi connectivity index (χ0) is 27.7. The fourth-order valence-corrected chi connectivity index (χ4v) is 10.1. The quantitative estimate of drug-likeness (QED) is 0.283. The number of hydrogen-bond donors (Lipinski definition) is 1. The van der Waals surface area contributed by atoms with Crippen molar-refractivity contribution < 1.29 is 39.7 Å². The molecule has 2 aromatic carbocycles. The SMILES string of the molecule is CC[C@@H](O[Si](c1ccccc1)(c1ccccc1)C(C)(C)C)[C@@]1(C)OC(=O)N[C@@H]1COS(=O)(=O)C(F)(F)F. The molecule has 7 nitrogen and oxygen atoms in total. The van der Waals surface area contributed by atoms with Crippen LogP contribution in [-0.2, 0) is 23.5 Å². The highest BCUT2D eigenvalue weighted by Gasteiger charge is 2.58. The van der Waals surface area contributed by atoms with Crippen LogP contribution in [0.15, 0.2) is 60.7 Å². The Morgan fingerprint density at radius 1 is 1.03 bits per heavy atom. The molecule has 0 aliphatic carbocycles. The maximum Gasteiger partial charge on any atom is 0.523 e. The lowest BCUT2D eigenvalue weighted by molar-refractivity contribution is -0.0661. The second-order valence-electron chi connectivity index (χ2n) is 10.1. The normalized spacial score (nSPS) is 21.8. The lowest BCUT2D eigenvalue weighted by atomic mass is 9.90. The van der Waals surface area contributed by atoms with Gasteiger partial charge in [0.15, 0.2) is 5.60 Å². The molecule has 3 rings (SSSR count). The monoisotopic (exact) mass is 559 g/mol. The molecule has 1 aliphatic rings. The topological polar surface area (TPSA) is 90.9 Å². The molecule has 1 aliphatic heterocycles. The minimum atomic E-state index is -5.87. The number of ether oxygens (including phenoxy) is 1. The van der Waals surface area contributed by atoms with E-state index in [2.05, 4.69) is 30.3 Å². The summed E-state index contributed by atoms with van der Waals surface area (Å²) in [5.41, 5.74) is -7.12. The van der Waals surface area contributed by atoms with Crippen LogP contribution in [0, 0.1) is 0 Å². The molecule has 1 amide bonds. The van der Waals surface area contributed by atoms with Gasteiger partial charge in [-0.1, -0.05) is 88.4 Å². The molecule has 0 spiro atoms. The van der Waals surface area contributed by atoms with E-state index in [1.54, 1.807) is 0 Å². The van der Waals surface area contributed by atoms with E-state index in [1.165, 1.54) is 6.92 Å². The van der Waals surface area contributed by atoms with Crippen LogP contribution in [0.3, 0.4) is 0 Å². The molecular weight excluding hydrogens is 527 g/mol. The molecule has 0 saturated carbocycles. The maximum atomic E-state index is 12.9. The number of carbonyl (C=O) groups is 1. The standard InChI is InChI=1S/C25H32F3NO6SSi/c1-6-21(24(5)20(29-22(30)34-24)17-33-36(31,32)25(26,27)28)35-37(23(2,3)4,18-13-9-7-10-14-18)19-15-11-8-12-16-19/h7-16,20-21H,6,17H2,1-5H3,(H,29,30)/t20-,21-,24+/m1/s1. The van der Waals surface area contributed by atoms with Gasteiger partial charge in [0.1, 0.15) is 0 Å². The highest BCUT2D eigenvalue weighted by Crippen LogP contribution is 2.41. The van der Waals surface area contributed by atoms with Crippen molar-refractivity contribution in [2.24, 2.45) is 0 Å². The number of alkyl carbamates (subject to hydrolysis) is 1. The molecule has 0 aromatic heterocycles. The van der Waals surface area contributed by atoms with E-state index in [-0.39, 0.29) is 0 Å². The van der Waals surface area contributed by atoms with Crippen LogP contribution in [0.2, 0.25) is 5.04 Å². The molecule has 1 N–H and O–H groups in total. The van der Waals surface area contributed by atoms with E-state index >= 15 is 0 Å². The van der Waals surface area contributed by atoms with Crippen molar-refractivity contribution in [2.45, 2.75) is 69.3 Å². The molecule has 0 unspecified atom stereocenters. The third-order valence-corrected chi connectivity index (χ3v) is 12.8. The first kappa shape index (κ1) is 29.1. The Balaban J connectivity index is 2.09. The average molecular weight is 560 g/mol. The Hall–Kier alpha value is -2.41. The number of hydrogen-bond acceptors (Lipinski definition) is 6. The largest absolute Gasteiger partial charge is 0.523 e. The van der Waals surface area contributed by atoms with Gasteiger partial charge in [-0.05, 0) is 28.8 Å². The number of rotatable bonds is 9. The zero-order valence-electron chi connectivity index (χ0n) is 21.3. The summed E-state index contributed by atoms with van der Waals surface area (Å²) in [5.74, 6) is 0. The first-order chi connectivity index (χ1) is 17.1. The lowest BCUT2D eigenvalue weighted by Crippen LogP contribution is -2.70. The summed E-state index contributed by atoms with van der Waals surface area (Å²) in [4.78, 5) is 12.3. The molecule has 37 heavy (non-hydrogen) atoms. The minimum absolute atomic E-state index is 0.318. The van der Waals surface area contributed by atoms with E-state index in [0.29, 0.717) is 6.42 Å². The molecule has 1 saturated heterocycles. The summed E-state index contributed by atoms with van der Waals surface area (Å²) >= 11 is 0. The highest BCUT2D eigenvalue weighted by molar-refractivity contribution is 7.87. The predicted octanol–water partition coefficient (Wildman–Crippen LogP) is 4.07. The molecule has 1 heterocycles. The summed E-state index contributed by atoms with van der Waals surface area (Å²) in [6, 6.07) is 18.1. The van der Waals surface area contributed by atoms with E-state index in [0.717, 1.165) is 10.4 Å². The molecule has 3 atom stereocenters. The van der Waals surface area contributed by atoms with Crippen molar-refractivity contribution in [2.75, 3.05) is 6.61 Å². The van der Waals surface area contributed by atoms with Crippen LogP contribution in [0.4, 0.5) is 18.0 Å². The number of cyclic esters (lactones) is 1. The fraction of sp³-hybridized carbons (Fsp3) is 0.480. The Morgan fingerprint density at radius 3 is 1.92 bits per heavy atom. The Bertz CT molecular complexity index is 1150. The van der Waals surface area contributed by atoms with Crippen molar-refractivity contribution in [3.63, 3.8) is 0 Å². The van der Waals surface area contributed by atoms with Crippen LogP contribution in [0.1, 0.15) is 41.0 Å². The number of benzene rings is 2. The third kappa shape index (κ3) is 5.57. The van der Waals surface area contributed by atoms with E-state index in [4.69, 9.17) is 9.16 Å². The van der Waals surface area contributed by atoms with E-state index in [9.17, 15) is 26.4 Å². The van der Waals surface area contributed by atoms with Crippen molar-refractivity contribution in [1.82, 2.24) is 5.32 Å². The van der Waals surface area contributed by atoms with Crippen molar-refractivity contribution in [3.05, 3.63) is 60.7 Å².